The van der Waals surface area contributed by atoms with Crippen LogP contribution in [0.5, 0.6) is 11.5 Å². The molecule has 21 heavy (non-hydrogen) atoms. The van der Waals surface area contributed by atoms with E-state index in [0.717, 1.165) is 43.4 Å². The molecule has 1 N–H and O–H groups in total. The van der Waals surface area contributed by atoms with E-state index in [9.17, 15) is 0 Å². The standard InChI is InChI=1S/C16H23ClN2O2/c1-20-15-9-16(21-2)14(8-12(15)17)19-7-3-6-18-13(10-19)11-4-5-11/h8-9,11,13,18H,3-7,10H2,1-2H3. The van der Waals surface area contributed by atoms with Gasteiger partial charge < -0.3 is 19.7 Å². The van der Waals surface area contributed by atoms with Gasteiger partial charge in [0.25, 0.3) is 0 Å². The van der Waals surface area contributed by atoms with Crippen LogP contribution in [0.4, 0.5) is 5.69 Å². The van der Waals surface area contributed by atoms with Crippen molar-refractivity contribution in [3.8, 4) is 11.5 Å². The molecule has 4 nitrogen and oxygen atoms in total. The van der Waals surface area contributed by atoms with Crippen LogP contribution in [-0.4, -0.2) is 39.9 Å². The second kappa shape index (κ2) is 6.32. The van der Waals surface area contributed by atoms with Gasteiger partial charge in [0.05, 0.1) is 24.9 Å². The van der Waals surface area contributed by atoms with Gasteiger partial charge in [-0.05, 0) is 37.8 Å². The number of halogens is 1. The summed E-state index contributed by atoms with van der Waals surface area (Å²) < 4.78 is 10.8. The number of anilines is 1. The van der Waals surface area contributed by atoms with Crippen molar-refractivity contribution in [2.75, 3.05) is 38.8 Å². The highest BCUT2D eigenvalue weighted by atomic mass is 35.5. The Morgan fingerprint density at radius 1 is 1.19 bits per heavy atom. The molecular weight excluding hydrogens is 288 g/mol. The van der Waals surface area contributed by atoms with E-state index in [-0.39, 0.29) is 0 Å². The summed E-state index contributed by atoms with van der Waals surface area (Å²) in [5.41, 5.74) is 1.07. The molecule has 1 atom stereocenters. The highest BCUT2D eigenvalue weighted by Crippen LogP contribution is 2.40. The van der Waals surface area contributed by atoms with Crippen molar-refractivity contribution in [3.63, 3.8) is 0 Å². The molecule has 0 radical (unpaired) electrons. The lowest BCUT2D eigenvalue weighted by molar-refractivity contribution is 0.394. The zero-order valence-electron chi connectivity index (χ0n) is 12.7. The Labute approximate surface area is 131 Å². The van der Waals surface area contributed by atoms with E-state index in [2.05, 4.69) is 10.2 Å². The fraction of sp³-hybridized carbons (Fsp3) is 0.625. The summed E-state index contributed by atoms with van der Waals surface area (Å²) in [6.07, 6.45) is 3.84. The zero-order chi connectivity index (χ0) is 14.8. The van der Waals surface area contributed by atoms with Crippen LogP contribution in [0.25, 0.3) is 0 Å². The minimum Gasteiger partial charge on any atom is -0.495 e. The first kappa shape index (κ1) is 14.8. The maximum Gasteiger partial charge on any atom is 0.145 e. The molecule has 5 heteroatoms. The average molecular weight is 311 g/mol. The average Bonchev–Trinajstić information content (AvgIpc) is 3.32. The Morgan fingerprint density at radius 2 is 1.95 bits per heavy atom. The van der Waals surface area contributed by atoms with Crippen molar-refractivity contribution < 1.29 is 9.47 Å². The minimum absolute atomic E-state index is 0.582. The van der Waals surface area contributed by atoms with Gasteiger partial charge in [-0.2, -0.15) is 0 Å². The van der Waals surface area contributed by atoms with Crippen LogP contribution >= 0.6 is 11.6 Å². The lowest BCUT2D eigenvalue weighted by Crippen LogP contribution is -2.39. The SMILES string of the molecule is COc1cc(OC)c(N2CCCNC(C3CC3)C2)cc1Cl. The van der Waals surface area contributed by atoms with Crippen LogP contribution in [0, 0.1) is 5.92 Å². The molecule has 3 rings (SSSR count). The van der Waals surface area contributed by atoms with E-state index in [1.54, 1.807) is 14.2 Å². The highest BCUT2D eigenvalue weighted by Gasteiger charge is 2.33. The number of hydrogen-bond acceptors (Lipinski definition) is 4. The molecule has 1 unspecified atom stereocenters. The summed E-state index contributed by atoms with van der Waals surface area (Å²) in [6, 6.07) is 4.43. The third kappa shape index (κ3) is 3.22. The van der Waals surface area contributed by atoms with Gasteiger partial charge in [-0.25, -0.2) is 0 Å². The number of methoxy groups -OCH3 is 2. The molecule has 1 aromatic carbocycles. The van der Waals surface area contributed by atoms with Gasteiger partial charge in [0.1, 0.15) is 11.5 Å². The van der Waals surface area contributed by atoms with Gasteiger partial charge in [-0.15, -0.1) is 0 Å². The number of nitrogens with one attached hydrogen (secondary N) is 1. The third-order valence-corrected chi connectivity index (χ3v) is 4.71. The maximum absolute atomic E-state index is 6.31. The highest BCUT2D eigenvalue weighted by molar-refractivity contribution is 6.32. The van der Waals surface area contributed by atoms with Crippen LogP contribution in [-0.2, 0) is 0 Å². The fourth-order valence-electron chi connectivity index (χ4n) is 3.08. The summed E-state index contributed by atoms with van der Waals surface area (Å²) in [7, 11) is 3.32. The first-order chi connectivity index (χ1) is 10.2. The molecule has 1 aliphatic heterocycles. The van der Waals surface area contributed by atoms with Gasteiger partial charge in [0.15, 0.2) is 0 Å². The third-order valence-electron chi connectivity index (χ3n) is 4.41. The molecule has 1 aromatic rings. The predicted molar refractivity (Wildman–Crippen MR) is 85.9 cm³/mol. The molecule has 0 amide bonds. The van der Waals surface area contributed by atoms with Crippen molar-refractivity contribution in [3.05, 3.63) is 17.2 Å². The molecule has 1 heterocycles. The summed E-state index contributed by atoms with van der Waals surface area (Å²) in [5, 5.41) is 4.31. The van der Waals surface area contributed by atoms with Crippen LogP contribution in [0.15, 0.2) is 12.1 Å². The van der Waals surface area contributed by atoms with Crippen molar-refractivity contribution in [2.24, 2.45) is 5.92 Å². The topological polar surface area (TPSA) is 33.7 Å². The first-order valence-electron chi connectivity index (χ1n) is 7.62. The molecule has 0 spiro atoms. The molecule has 0 bridgehead atoms. The first-order valence-corrected chi connectivity index (χ1v) is 8.00. The number of nitrogens with zero attached hydrogens (tertiary/aromatic N) is 1. The minimum atomic E-state index is 0.582. The zero-order valence-corrected chi connectivity index (χ0v) is 13.4. The Hall–Kier alpha value is -1.13. The van der Waals surface area contributed by atoms with Gasteiger partial charge in [0.2, 0.25) is 0 Å². The summed E-state index contributed by atoms with van der Waals surface area (Å²) in [5.74, 6) is 2.32. The van der Waals surface area contributed by atoms with Crippen LogP contribution in [0.3, 0.4) is 0 Å². The van der Waals surface area contributed by atoms with E-state index in [1.165, 1.54) is 12.8 Å². The van der Waals surface area contributed by atoms with Crippen molar-refractivity contribution in [1.29, 1.82) is 0 Å². The number of hydrogen-bond donors (Lipinski definition) is 1. The second-order valence-electron chi connectivity index (χ2n) is 5.86. The Morgan fingerprint density at radius 3 is 2.62 bits per heavy atom. The van der Waals surface area contributed by atoms with Crippen molar-refractivity contribution >= 4 is 17.3 Å². The molecule has 116 valence electrons. The Balaban J connectivity index is 1.88. The van der Waals surface area contributed by atoms with Crippen molar-refractivity contribution in [2.45, 2.75) is 25.3 Å². The normalized spacial score (nSPS) is 22.8. The molecule has 1 saturated carbocycles. The quantitative estimate of drug-likeness (QED) is 0.927. The van der Waals surface area contributed by atoms with Crippen LogP contribution in [0.2, 0.25) is 5.02 Å². The lowest BCUT2D eigenvalue weighted by atomic mass is 10.1. The van der Waals surface area contributed by atoms with E-state index in [0.29, 0.717) is 16.8 Å². The smallest absolute Gasteiger partial charge is 0.145 e. The maximum atomic E-state index is 6.31. The van der Waals surface area contributed by atoms with Gasteiger partial charge in [-0.3, -0.25) is 0 Å². The number of ether oxygens (including phenoxy) is 2. The van der Waals surface area contributed by atoms with Gasteiger partial charge >= 0.3 is 0 Å². The van der Waals surface area contributed by atoms with Gasteiger partial charge in [0, 0.05) is 25.2 Å². The predicted octanol–water partition coefficient (Wildman–Crippen LogP) is 2.94. The van der Waals surface area contributed by atoms with Crippen LogP contribution in [0.1, 0.15) is 19.3 Å². The molecule has 0 aromatic heterocycles. The van der Waals surface area contributed by atoms with E-state index in [1.807, 2.05) is 12.1 Å². The Kier molecular flexibility index (Phi) is 4.45. The summed E-state index contributed by atoms with van der Waals surface area (Å²) >= 11 is 6.31. The number of rotatable bonds is 4. The lowest BCUT2D eigenvalue weighted by Gasteiger charge is -2.28. The van der Waals surface area contributed by atoms with E-state index >= 15 is 0 Å². The summed E-state index contributed by atoms with van der Waals surface area (Å²) in [4.78, 5) is 2.40. The van der Waals surface area contributed by atoms with Crippen molar-refractivity contribution in [1.82, 2.24) is 5.32 Å². The molecular formula is C16H23ClN2O2. The monoisotopic (exact) mass is 310 g/mol. The molecule has 1 saturated heterocycles. The number of benzene rings is 1. The molecule has 2 aliphatic rings. The van der Waals surface area contributed by atoms with E-state index in [4.69, 9.17) is 21.1 Å². The summed E-state index contributed by atoms with van der Waals surface area (Å²) in [6.45, 7) is 3.13. The van der Waals surface area contributed by atoms with Gasteiger partial charge in [-0.1, -0.05) is 11.6 Å². The second-order valence-corrected chi connectivity index (χ2v) is 6.26. The van der Waals surface area contributed by atoms with E-state index < -0.39 is 0 Å². The molecule has 1 aliphatic carbocycles. The Bertz CT molecular complexity index is 505. The molecule has 2 fully saturated rings. The fourth-order valence-corrected chi connectivity index (χ4v) is 3.31. The van der Waals surface area contributed by atoms with Crippen LogP contribution < -0.4 is 19.7 Å². The largest absolute Gasteiger partial charge is 0.495 e.